The number of rotatable bonds is 12. The van der Waals surface area contributed by atoms with Crippen molar-refractivity contribution in [3.05, 3.63) is 23.8 Å². The van der Waals surface area contributed by atoms with E-state index in [2.05, 4.69) is 25.2 Å². The van der Waals surface area contributed by atoms with Crippen molar-refractivity contribution < 1.29 is 9.47 Å². The predicted octanol–water partition coefficient (Wildman–Crippen LogP) is 4.54. The van der Waals surface area contributed by atoms with Gasteiger partial charge in [-0.15, -0.1) is 0 Å². The standard InChI is InChI=1S/C18H31NO2/c1-4-7-8-9-14-21-18-16(15-19-13-5-2)11-10-12-17(18)20-6-3/h10-12,19H,4-9,13-15H2,1-3H3. The highest BCUT2D eigenvalue weighted by molar-refractivity contribution is 5.46. The average Bonchev–Trinajstić information content (AvgIpc) is 2.49. The van der Waals surface area contributed by atoms with Crippen molar-refractivity contribution in [2.24, 2.45) is 0 Å². The number of unbranched alkanes of at least 4 members (excludes halogenated alkanes) is 3. The summed E-state index contributed by atoms with van der Waals surface area (Å²) in [7, 11) is 0. The largest absolute Gasteiger partial charge is 0.490 e. The van der Waals surface area contributed by atoms with Gasteiger partial charge < -0.3 is 14.8 Å². The van der Waals surface area contributed by atoms with Crippen molar-refractivity contribution in [2.45, 2.75) is 59.4 Å². The Morgan fingerprint density at radius 3 is 2.52 bits per heavy atom. The Morgan fingerprint density at radius 2 is 1.81 bits per heavy atom. The lowest BCUT2D eigenvalue weighted by Gasteiger charge is -2.16. The van der Waals surface area contributed by atoms with Gasteiger partial charge in [-0.3, -0.25) is 0 Å². The van der Waals surface area contributed by atoms with Crippen LogP contribution in [0.3, 0.4) is 0 Å². The third-order valence-electron chi connectivity index (χ3n) is 3.35. The van der Waals surface area contributed by atoms with Gasteiger partial charge in [-0.05, 0) is 32.4 Å². The van der Waals surface area contributed by atoms with Crippen LogP contribution in [0.4, 0.5) is 0 Å². The summed E-state index contributed by atoms with van der Waals surface area (Å²) in [4.78, 5) is 0. The molecule has 1 rings (SSSR count). The molecule has 120 valence electrons. The second kappa shape index (κ2) is 11.4. The molecule has 3 nitrogen and oxygen atoms in total. The molecule has 0 atom stereocenters. The Kier molecular flexibility index (Phi) is 9.71. The summed E-state index contributed by atoms with van der Waals surface area (Å²) in [6.45, 7) is 9.70. The molecule has 0 heterocycles. The third kappa shape index (κ3) is 6.85. The van der Waals surface area contributed by atoms with Crippen molar-refractivity contribution in [3.8, 4) is 11.5 Å². The Bertz CT molecular complexity index is 379. The van der Waals surface area contributed by atoms with Crippen LogP contribution in [-0.2, 0) is 6.54 Å². The summed E-state index contributed by atoms with van der Waals surface area (Å²) in [5.74, 6) is 1.78. The zero-order valence-electron chi connectivity index (χ0n) is 13.9. The summed E-state index contributed by atoms with van der Waals surface area (Å²) in [5, 5.41) is 3.44. The zero-order valence-corrected chi connectivity index (χ0v) is 13.9. The quantitative estimate of drug-likeness (QED) is 0.574. The number of ether oxygens (including phenoxy) is 2. The van der Waals surface area contributed by atoms with Gasteiger partial charge >= 0.3 is 0 Å². The van der Waals surface area contributed by atoms with E-state index in [9.17, 15) is 0 Å². The van der Waals surface area contributed by atoms with Crippen molar-refractivity contribution >= 4 is 0 Å². The zero-order chi connectivity index (χ0) is 15.3. The van der Waals surface area contributed by atoms with E-state index in [-0.39, 0.29) is 0 Å². The fourth-order valence-electron chi connectivity index (χ4n) is 2.24. The molecule has 0 saturated heterocycles. The smallest absolute Gasteiger partial charge is 0.165 e. The SMILES string of the molecule is CCCCCCOc1c(CNCCC)cccc1OCC. The highest BCUT2D eigenvalue weighted by Gasteiger charge is 2.10. The van der Waals surface area contributed by atoms with Gasteiger partial charge in [0.25, 0.3) is 0 Å². The number of nitrogens with one attached hydrogen (secondary N) is 1. The van der Waals surface area contributed by atoms with Crippen LogP contribution >= 0.6 is 0 Å². The molecule has 0 radical (unpaired) electrons. The summed E-state index contributed by atoms with van der Waals surface area (Å²) in [6.07, 6.45) is 6.01. The molecule has 3 heteroatoms. The van der Waals surface area contributed by atoms with Crippen LogP contribution in [0.5, 0.6) is 11.5 Å². The molecule has 21 heavy (non-hydrogen) atoms. The van der Waals surface area contributed by atoms with Gasteiger partial charge in [0.15, 0.2) is 11.5 Å². The second-order valence-corrected chi connectivity index (χ2v) is 5.26. The maximum absolute atomic E-state index is 6.03. The molecular formula is C18H31NO2. The molecular weight excluding hydrogens is 262 g/mol. The second-order valence-electron chi connectivity index (χ2n) is 5.26. The van der Waals surface area contributed by atoms with E-state index < -0.39 is 0 Å². The number of hydrogen-bond acceptors (Lipinski definition) is 3. The molecule has 0 fully saturated rings. The number of benzene rings is 1. The van der Waals surface area contributed by atoms with E-state index in [1.165, 1.54) is 24.8 Å². The van der Waals surface area contributed by atoms with Crippen LogP contribution in [0, 0.1) is 0 Å². The minimum Gasteiger partial charge on any atom is -0.490 e. The van der Waals surface area contributed by atoms with Gasteiger partial charge in [0, 0.05) is 12.1 Å². The summed E-state index contributed by atoms with van der Waals surface area (Å²) >= 11 is 0. The topological polar surface area (TPSA) is 30.5 Å². The molecule has 0 aliphatic heterocycles. The van der Waals surface area contributed by atoms with Crippen molar-refractivity contribution in [3.63, 3.8) is 0 Å². The van der Waals surface area contributed by atoms with Crippen LogP contribution in [0.2, 0.25) is 0 Å². The lowest BCUT2D eigenvalue weighted by molar-refractivity contribution is 0.267. The average molecular weight is 293 g/mol. The van der Waals surface area contributed by atoms with E-state index in [1.807, 2.05) is 19.1 Å². The monoisotopic (exact) mass is 293 g/mol. The highest BCUT2D eigenvalue weighted by atomic mass is 16.5. The lowest BCUT2D eigenvalue weighted by atomic mass is 10.1. The first kappa shape index (κ1) is 17.8. The maximum Gasteiger partial charge on any atom is 0.165 e. The molecule has 1 aromatic carbocycles. The third-order valence-corrected chi connectivity index (χ3v) is 3.35. The predicted molar refractivity (Wildman–Crippen MR) is 89.2 cm³/mol. The maximum atomic E-state index is 6.03. The summed E-state index contributed by atoms with van der Waals surface area (Å²) in [6, 6.07) is 6.15. The molecule has 0 aromatic heterocycles. The Morgan fingerprint density at radius 1 is 0.952 bits per heavy atom. The van der Waals surface area contributed by atoms with E-state index in [0.29, 0.717) is 6.61 Å². The Labute approximate surface area is 130 Å². The van der Waals surface area contributed by atoms with Crippen molar-refractivity contribution in [2.75, 3.05) is 19.8 Å². The molecule has 0 amide bonds. The Balaban J connectivity index is 2.64. The van der Waals surface area contributed by atoms with Crippen molar-refractivity contribution in [1.82, 2.24) is 5.32 Å². The number of hydrogen-bond donors (Lipinski definition) is 1. The first-order chi connectivity index (χ1) is 10.3. The van der Waals surface area contributed by atoms with Crippen LogP contribution in [0.25, 0.3) is 0 Å². The number of para-hydroxylation sites is 1. The van der Waals surface area contributed by atoms with Gasteiger partial charge in [-0.25, -0.2) is 0 Å². The van der Waals surface area contributed by atoms with E-state index >= 15 is 0 Å². The fraction of sp³-hybridized carbons (Fsp3) is 0.667. The Hall–Kier alpha value is -1.22. The molecule has 0 saturated carbocycles. The molecule has 0 unspecified atom stereocenters. The molecule has 0 spiro atoms. The van der Waals surface area contributed by atoms with Crippen LogP contribution in [0.15, 0.2) is 18.2 Å². The van der Waals surface area contributed by atoms with E-state index in [4.69, 9.17) is 9.47 Å². The van der Waals surface area contributed by atoms with Gasteiger partial charge in [-0.2, -0.15) is 0 Å². The van der Waals surface area contributed by atoms with Gasteiger partial charge in [0.1, 0.15) is 0 Å². The highest BCUT2D eigenvalue weighted by Crippen LogP contribution is 2.31. The van der Waals surface area contributed by atoms with Gasteiger partial charge in [-0.1, -0.05) is 45.2 Å². The van der Waals surface area contributed by atoms with Crippen molar-refractivity contribution in [1.29, 1.82) is 0 Å². The molecule has 0 aliphatic rings. The van der Waals surface area contributed by atoms with Crippen LogP contribution < -0.4 is 14.8 Å². The normalized spacial score (nSPS) is 10.6. The van der Waals surface area contributed by atoms with Gasteiger partial charge in [0.05, 0.1) is 13.2 Å². The minimum atomic E-state index is 0.665. The summed E-state index contributed by atoms with van der Waals surface area (Å²) < 4.78 is 11.7. The first-order valence-electron chi connectivity index (χ1n) is 8.41. The van der Waals surface area contributed by atoms with E-state index in [1.54, 1.807) is 0 Å². The van der Waals surface area contributed by atoms with E-state index in [0.717, 1.165) is 44.0 Å². The van der Waals surface area contributed by atoms with Gasteiger partial charge in [0.2, 0.25) is 0 Å². The minimum absolute atomic E-state index is 0.665. The summed E-state index contributed by atoms with van der Waals surface area (Å²) in [5.41, 5.74) is 1.19. The molecule has 1 N–H and O–H groups in total. The molecule has 1 aromatic rings. The molecule has 0 aliphatic carbocycles. The lowest BCUT2D eigenvalue weighted by Crippen LogP contribution is -2.15. The van der Waals surface area contributed by atoms with Crippen LogP contribution in [-0.4, -0.2) is 19.8 Å². The molecule has 0 bridgehead atoms. The first-order valence-corrected chi connectivity index (χ1v) is 8.41. The fourth-order valence-corrected chi connectivity index (χ4v) is 2.24. The van der Waals surface area contributed by atoms with Crippen LogP contribution in [0.1, 0.15) is 58.4 Å².